The summed E-state index contributed by atoms with van der Waals surface area (Å²) < 4.78 is 0. The number of rotatable bonds is 3. The van der Waals surface area contributed by atoms with Gasteiger partial charge in [0.25, 0.3) is 0 Å². The van der Waals surface area contributed by atoms with E-state index in [9.17, 15) is 9.59 Å². The minimum absolute atomic E-state index is 0.0156. The monoisotopic (exact) mass is 252 g/mol. The lowest BCUT2D eigenvalue weighted by Gasteiger charge is -2.41. The molecule has 2 fully saturated rings. The molecule has 0 bridgehead atoms. The lowest BCUT2D eigenvalue weighted by molar-refractivity contribution is -0.138. The molecular formula is C14H24N2O2. The van der Waals surface area contributed by atoms with Crippen LogP contribution in [-0.2, 0) is 9.59 Å². The summed E-state index contributed by atoms with van der Waals surface area (Å²) in [7, 11) is 0. The van der Waals surface area contributed by atoms with Crippen LogP contribution >= 0.6 is 0 Å². The number of hydrogen-bond donors (Lipinski definition) is 1. The first-order chi connectivity index (χ1) is 8.60. The van der Waals surface area contributed by atoms with Crippen LogP contribution < -0.4 is 5.32 Å². The third-order valence-electron chi connectivity index (χ3n) is 4.96. The Balaban J connectivity index is 1.89. The predicted molar refractivity (Wildman–Crippen MR) is 69.9 cm³/mol. The van der Waals surface area contributed by atoms with E-state index in [0.717, 1.165) is 25.9 Å². The highest BCUT2D eigenvalue weighted by Crippen LogP contribution is 2.38. The van der Waals surface area contributed by atoms with Crippen molar-refractivity contribution in [3.63, 3.8) is 0 Å². The molecule has 1 N–H and O–H groups in total. The molecule has 0 aromatic heterocycles. The molecule has 2 saturated heterocycles. The van der Waals surface area contributed by atoms with Crippen LogP contribution in [0.15, 0.2) is 0 Å². The van der Waals surface area contributed by atoms with Crippen molar-refractivity contribution in [2.45, 2.75) is 46.0 Å². The molecule has 0 saturated carbocycles. The smallest absolute Gasteiger partial charge is 0.227 e. The minimum Gasteiger partial charge on any atom is -0.355 e. The predicted octanol–water partition coefficient (Wildman–Crippen LogP) is 1.55. The number of nitrogens with zero attached hydrogens (tertiary/aromatic N) is 1. The second-order valence-electron chi connectivity index (χ2n) is 5.74. The third-order valence-corrected chi connectivity index (χ3v) is 4.96. The van der Waals surface area contributed by atoms with Crippen molar-refractivity contribution in [1.29, 1.82) is 0 Å². The number of carbonyl (C=O) groups is 2. The molecule has 1 atom stereocenters. The second kappa shape index (κ2) is 5.29. The Morgan fingerprint density at radius 3 is 2.39 bits per heavy atom. The summed E-state index contributed by atoms with van der Waals surface area (Å²) >= 11 is 0. The summed E-state index contributed by atoms with van der Waals surface area (Å²) in [6.45, 7) is 6.76. The molecule has 18 heavy (non-hydrogen) atoms. The molecule has 4 nitrogen and oxygen atoms in total. The fourth-order valence-electron chi connectivity index (χ4n) is 3.20. The first-order valence-corrected chi connectivity index (χ1v) is 7.16. The van der Waals surface area contributed by atoms with E-state index in [0.29, 0.717) is 18.4 Å². The Labute approximate surface area is 109 Å². The Bertz CT molecular complexity index is 327. The van der Waals surface area contributed by atoms with Crippen LogP contribution in [0.4, 0.5) is 0 Å². The summed E-state index contributed by atoms with van der Waals surface area (Å²) in [6.07, 6.45) is 5.01. The van der Waals surface area contributed by atoms with Crippen molar-refractivity contribution < 1.29 is 9.59 Å². The molecule has 2 heterocycles. The Morgan fingerprint density at radius 1 is 1.33 bits per heavy atom. The average Bonchev–Trinajstić information content (AvgIpc) is 2.85. The topological polar surface area (TPSA) is 49.4 Å². The molecule has 2 amide bonds. The van der Waals surface area contributed by atoms with Gasteiger partial charge in [-0.15, -0.1) is 0 Å². The Hall–Kier alpha value is -1.06. The van der Waals surface area contributed by atoms with Crippen LogP contribution in [0.5, 0.6) is 0 Å². The fourth-order valence-corrected chi connectivity index (χ4v) is 3.20. The quantitative estimate of drug-likeness (QED) is 0.828. The zero-order valence-electron chi connectivity index (χ0n) is 11.5. The van der Waals surface area contributed by atoms with Crippen LogP contribution in [0.1, 0.15) is 46.0 Å². The molecule has 1 unspecified atom stereocenters. The van der Waals surface area contributed by atoms with Crippen molar-refractivity contribution in [1.82, 2.24) is 10.2 Å². The van der Waals surface area contributed by atoms with Gasteiger partial charge in [-0.2, -0.15) is 0 Å². The van der Waals surface area contributed by atoms with Crippen molar-refractivity contribution in [3.05, 3.63) is 0 Å². The van der Waals surface area contributed by atoms with Gasteiger partial charge >= 0.3 is 0 Å². The number of amides is 2. The van der Waals surface area contributed by atoms with Gasteiger partial charge in [-0.25, -0.2) is 0 Å². The van der Waals surface area contributed by atoms with Gasteiger partial charge in [0.05, 0.1) is 5.92 Å². The summed E-state index contributed by atoms with van der Waals surface area (Å²) in [6, 6.07) is 0. The van der Waals surface area contributed by atoms with Crippen LogP contribution in [0.25, 0.3) is 0 Å². The molecule has 0 aliphatic carbocycles. The highest BCUT2D eigenvalue weighted by Gasteiger charge is 2.36. The van der Waals surface area contributed by atoms with Gasteiger partial charge in [0.15, 0.2) is 0 Å². The number of carbonyl (C=O) groups excluding carboxylic acids is 2. The van der Waals surface area contributed by atoms with E-state index in [1.54, 1.807) is 0 Å². The molecule has 0 aromatic carbocycles. The highest BCUT2D eigenvalue weighted by molar-refractivity contribution is 5.89. The molecule has 2 aliphatic heterocycles. The first kappa shape index (κ1) is 13.4. The van der Waals surface area contributed by atoms with Crippen molar-refractivity contribution in [3.8, 4) is 0 Å². The normalized spacial score (nSPS) is 27.1. The maximum Gasteiger partial charge on any atom is 0.227 e. The molecule has 2 rings (SSSR count). The lowest BCUT2D eigenvalue weighted by Crippen LogP contribution is -2.45. The SMILES string of the molecule is CCC1(CC)CCN(C(=O)C2CNC(=O)C2)CC1. The van der Waals surface area contributed by atoms with Crippen molar-refractivity contribution in [2.75, 3.05) is 19.6 Å². The van der Waals surface area contributed by atoms with Gasteiger partial charge < -0.3 is 10.2 Å². The zero-order chi connectivity index (χ0) is 13.2. The highest BCUT2D eigenvalue weighted by atomic mass is 16.2. The van der Waals surface area contributed by atoms with Crippen LogP contribution in [0.3, 0.4) is 0 Å². The van der Waals surface area contributed by atoms with Gasteiger partial charge in [-0.05, 0) is 18.3 Å². The van der Waals surface area contributed by atoms with Crippen LogP contribution in [0.2, 0.25) is 0 Å². The van der Waals surface area contributed by atoms with E-state index in [2.05, 4.69) is 19.2 Å². The van der Waals surface area contributed by atoms with Crippen LogP contribution in [0, 0.1) is 11.3 Å². The van der Waals surface area contributed by atoms with E-state index >= 15 is 0 Å². The summed E-state index contributed by atoms with van der Waals surface area (Å²) in [4.78, 5) is 25.4. The number of likely N-dealkylation sites (tertiary alicyclic amines) is 1. The minimum atomic E-state index is -0.117. The summed E-state index contributed by atoms with van der Waals surface area (Å²) in [5.41, 5.74) is 0.445. The largest absolute Gasteiger partial charge is 0.355 e. The van der Waals surface area contributed by atoms with E-state index in [1.807, 2.05) is 4.90 Å². The van der Waals surface area contributed by atoms with Gasteiger partial charge in [-0.3, -0.25) is 9.59 Å². The van der Waals surface area contributed by atoms with Gasteiger partial charge in [0.1, 0.15) is 0 Å². The molecule has 102 valence electrons. The standard InChI is InChI=1S/C14H24N2O2/c1-3-14(4-2)5-7-16(8-6-14)13(18)11-9-12(17)15-10-11/h11H,3-10H2,1-2H3,(H,15,17). The van der Waals surface area contributed by atoms with E-state index in [1.165, 1.54) is 12.8 Å². The van der Waals surface area contributed by atoms with E-state index < -0.39 is 0 Å². The summed E-state index contributed by atoms with van der Waals surface area (Å²) in [5, 5.41) is 2.74. The van der Waals surface area contributed by atoms with Crippen LogP contribution in [-0.4, -0.2) is 36.3 Å². The van der Waals surface area contributed by atoms with Gasteiger partial charge in [0.2, 0.25) is 11.8 Å². The molecular weight excluding hydrogens is 228 g/mol. The van der Waals surface area contributed by atoms with Crippen molar-refractivity contribution >= 4 is 11.8 Å². The van der Waals surface area contributed by atoms with Crippen molar-refractivity contribution in [2.24, 2.45) is 11.3 Å². The number of nitrogens with one attached hydrogen (secondary N) is 1. The lowest BCUT2D eigenvalue weighted by atomic mass is 9.74. The molecule has 2 aliphatic rings. The van der Waals surface area contributed by atoms with Gasteiger partial charge in [0, 0.05) is 26.1 Å². The maximum absolute atomic E-state index is 12.3. The Kier molecular flexibility index (Phi) is 3.93. The third kappa shape index (κ3) is 2.52. The fraction of sp³-hybridized carbons (Fsp3) is 0.857. The number of hydrogen-bond acceptors (Lipinski definition) is 2. The first-order valence-electron chi connectivity index (χ1n) is 7.16. The molecule has 4 heteroatoms. The zero-order valence-corrected chi connectivity index (χ0v) is 11.5. The van der Waals surface area contributed by atoms with E-state index in [4.69, 9.17) is 0 Å². The summed E-state index contributed by atoms with van der Waals surface area (Å²) in [5.74, 6) is 0.0734. The second-order valence-corrected chi connectivity index (χ2v) is 5.74. The molecule has 0 spiro atoms. The van der Waals surface area contributed by atoms with Gasteiger partial charge in [-0.1, -0.05) is 26.7 Å². The van der Waals surface area contributed by atoms with E-state index in [-0.39, 0.29) is 17.7 Å². The Morgan fingerprint density at radius 2 is 1.94 bits per heavy atom. The molecule has 0 aromatic rings. The maximum atomic E-state index is 12.3. The molecule has 0 radical (unpaired) electrons. The average molecular weight is 252 g/mol. The number of piperidine rings is 1.